The summed E-state index contributed by atoms with van der Waals surface area (Å²) in [6, 6.07) is 7.34. The fourth-order valence-electron chi connectivity index (χ4n) is 1.73. The highest BCUT2D eigenvalue weighted by Gasteiger charge is 2.18. The highest BCUT2D eigenvalue weighted by molar-refractivity contribution is 5.93. The number of esters is 1. The van der Waals surface area contributed by atoms with E-state index in [1.54, 1.807) is 0 Å². The molecule has 0 saturated carbocycles. The fourth-order valence-corrected chi connectivity index (χ4v) is 1.73. The average Bonchev–Trinajstić information content (AvgIpc) is 2.97. The Kier molecular flexibility index (Phi) is 4.76. The summed E-state index contributed by atoms with van der Waals surface area (Å²) < 4.78 is 15.5. The van der Waals surface area contributed by atoms with E-state index >= 15 is 0 Å². The Labute approximate surface area is 117 Å². The van der Waals surface area contributed by atoms with Crippen LogP contribution in [0.1, 0.15) is 30.3 Å². The minimum atomic E-state index is -0.517. The standard InChI is InChI=1S/C15H17NO4/c1-3-4-9-19-12-7-5-11(6-8-12)14-13(15(17)18-2)16-10-20-14/h5-8,10H,3-4,9H2,1-2H3. The van der Waals surface area contributed by atoms with Gasteiger partial charge in [0.25, 0.3) is 0 Å². The summed E-state index contributed by atoms with van der Waals surface area (Å²) >= 11 is 0. The molecule has 0 aliphatic rings. The molecule has 1 heterocycles. The van der Waals surface area contributed by atoms with Gasteiger partial charge in [-0.1, -0.05) is 13.3 Å². The van der Waals surface area contributed by atoms with Gasteiger partial charge in [-0.3, -0.25) is 0 Å². The molecule has 0 aliphatic carbocycles. The molecule has 5 heteroatoms. The van der Waals surface area contributed by atoms with Crippen molar-refractivity contribution in [1.29, 1.82) is 0 Å². The second kappa shape index (κ2) is 6.75. The third-order valence-corrected chi connectivity index (χ3v) is 2.83. The molecule has 0 spiro atoms. The van der Waals surface area contributed by atoms with Crippen molar-refractivity contribution >= 4 is 5.97 Å². The molecule has 0 saturated heterocycles. The number of nitrogens with zero attached hydrogens (tertiary/aromatic N) is 1. The zero-order valence-corrected chi connectivity index (χ0v) is 11.6. The van der Waals surface area contributed by atoms with E-state index in [9.17, 15) is 4.79 Å². The van der Waals surface area contributed by atoms with Crippen LogP contribution in [0, 0.1) is 0 Å². The molecule has 1 aromatic heterocycles. The topological polar surface area (TPSA) is 61.6 Å². The molecule has 106 valence electrons. The molecule has 0 fully saturated rings. The largest absolute Gasteiger partial charge is 0.494 e. The van der Waals surface area contributed by atoms with Crippen LogP contribution in [0.15, 0.2) is 35.1 Å². The van der Waals surface area contributed by atoms with Gasteiger partial charge < -0.3 is 13.9 Å². The maximum atomic E-state index is 11.5. The van der Waals surface area contributed by atoms with E-state index in [0.29, 0.717) is 12.4 Å². The maximum absolute atomic E-state index is 11.5. The average molecular weight is 275 g/mol. The number of unbranched alkanes of at least 4 members (excludes halogenated alkanes) is 1. The first kappa shape index (κ1) is 14.1. The van der Waals surface area contributed by atoms with Gasteiger partial charge >= 0.3 is 5.97 Å². The van der Waals surface area contributed by atoms with Crippen LogP contribution in [0.2, 0.25) is 0 Å². The minimum Gasteiger partial charge on any atom is -0.494 e. The number of rotatable bonds is 6. The number of oxazole rings is 1. The maximum Gasteiger partial charge on any atom is 0.360 e. The summed E-state index contributed by atoms with van der Waals surface area (Å²) in [5.41, 5.74) is 0.929. The predicted octanol–water partition coefficient (Wildman–Crippen LogP) is 3.31. The van der Waals surface area contributed by atoms with Crippen LogP contribution in [0.25, 0.3) is 11.3 Å². The molecule has 20 heavy (non-hydrogen) atoms. The van der Waals surface area contributed by atoms with Gasteiger partial charge in [-0.25, -0.2) is 9.78 Å². The summed E-state index contributed by atoms with van der Waals surface area (Å²) in [6.45, 7) is 2.82. The molecule has 0 bridgehead atoms. The van der Waals surface area contributed by atoms with Crippen molar-refractivity contribution in [2.24, 2.45) is 0 Å². The van der Waals surface area contributed by atoms with E-state index in [2.05, 4.69) is 16.6 Å². The molecule has 0 unspecified atom stereocenters. The molecule has 0 radical (unpaired) electrons. The SMILES string of the molecule is CCCCOc1ccc(-c2ocnc2C(=O)OC)cc1. The molecular weight excluding hydrogens is 258 g/mol. The van der Waals surface area contributed by atoms with Gasteiger partial charge in [0.15, 0.2) is 17.8 Å². The van der Waals surface area contributed by atoms with Crippen molar-refractivity contribution in [2.45, 2.75) is 19.8 Å². The molecule has 0 amide bonds. The number of carbonyl (C=O) groups excluding carboxylic acids is 1. The van der Waals surface area contributed by atoms with Crippen molar-refractivity contribution < 1.29 is 18.7 Å². The molecule has 1 aromatic carbocycles. The van der Waals surface area contributed by atoms with Gasteiger partial charge in [0, 0.05) is 5.56 Å². The first-order valence-corrected chi connectivity index (χ1v) is 6.51. The predicted molar refractivity (Wildman–Crippen MR) is 73.7 cm³/mol. The van der Waals surface area contributed by atoms with Gasteiger partial charge in [-0.05, 0) is 30.7 Å². The number of hydrogen-bond donors (Lipinski definition) is 0. The summed E-state index contributed by atoms with van der Waals surface area (Å²) in [5.74, 6) is 0.676. The third-order valence-electron chi connectivity index (χ3n) is 2.83. The Hall–Kier alpha value is -2.30. The minimum absolute atomic E-state index is 0.173. The molecule has 0 atom stereocenters. The van der Waals surface area contributed by atoms with Crippen molar-refractivity contribution in [1.82, 2.24) is 4.98 Å². The van der Waals surface area contributed by atoms with Crippen molar-refractivity contribution in [3.8, 4) is 17.1 Å². The summed E-state index contributed by atoms with van der Waals surface area (Å²) in [4.78, 5) is 15.4. The quantitative estimate of drug-likeness (QED) is 0.598. The second-order valence-electron chi connectivity index (χ2n) is 4.25. The molecular formula is C15H17NO4. The Bertz CT molecular complexity index is 560. The van der Waals surface area contributed by atoms with Crippen molar-refractivity contribution in [3.05, 3.63) is 36.4 Å². The van der Waals surface area contributed by atoms with E-state index in [1.807, 2.05) is 24.3 Å². The van der Waals surface area contributed by atoms with Crippen LogP contribution in [0.3, 0.4) is 0 Å². The smallest absolute Gasteiger partial charge is 0.360 e. The van der Waals surface area contributed by atoms with Crippen LogP contribution in [0.4, 0.5) is 0 Å². The third kappa shape index (κ3) is 3.17. The van der Waals surface area contributed by atoms with Crippen molar-refractivity contribution in [3.63, 3.8) is 0 Å². The van der Waals surface area contributed by atoms with Crippen LogP contribution >= 0.6 is 0 Å². The van der Waals surface area contributed by atoms with Gasteiger partial charge in [0.1, 0.15) is 5.75 Å². The van der Waals surface area contributed by atoms with E-state index in [-0.39, 0.29) is 5.69 Å². The van der Waals surface area contributed by atoms with E-state index in [4.69, 9.17) is 9.15 Å². The summed E-state index contributed by atoms with van der Waals surface area (Å²) in [5, 5.41) is 0. The van der Waals surface area contributed by atoms with Crippen LogP contribution < -0.4 is 4.74 Å². The number of benzene rings is 1. The summed E-state index contributed by atoms with van der Waals surface area (Å²) in [7, 11) is 1.31. The number of methoxy groups -OCH3 is 1. The molecule has 0 aliphatic heterocycles. The van der Waals surface area contributed by atoms with Gasteiger partial charge in [-0.15, -0.1) is 0 Å². The number of carbonyl (C=O) groups is 1. The monoisotopic (exact) mass is 275 g/mol. The van der Waals surface area contributed by atoms with Gasteiger partial charge in [0.2, 0.25) is 0 Å². The van der Waals surface area contributed by atoms with Crippen LogP contribution in [-0.2, 0) is 4.74 Å². The Balaban J connectivity index is 2.14. The lowest BCUT2D eigenvalue weighted by Crippen LogP contribution is -2.03. The second-order valence-corrected chi connectivity index (χ2v) is 4.25. The lowest BCUT2D eigenvalue weighted by Gasteiger charge is -2.06. The van der Waals surface area contributed by atoms with E-state index in [0.717, 1.165) is 24.2 Å². The van der Waals surface area contributed by atoms with Gasteiger partial charge in [-0.2, -0.15) is 0 Å². The first-order valence-electron chi connectivity index (χ1n) is 6.51. The number of ether oxygens (including phenoxy) is 2. The molecule has 0 N–H and O–H groups in total. The lowest BCUT2D eigenvalue weighted by atomic mass is 10.1. The molecule has 2 aromatic rings. The van der Waals surface area contributed by atoms with Crippen LogP contribution in [-0.4, -0.2) is 24.7 Å². The molecule has 5 nitrogen and oxygen atoms in total. The Morgan fingerprint density at radius 1 is 1.30 bits per heavy atom. The Morgan fingerprint density at radius 3 is 2.70 bits per heavy atom. The van der Waals surface area contributed by atoms with E-state index < -0.39 is 5.97 Å². The highest BCUT2D eigenvalue weighted by Crippen LogP contribution is 2.25. The lowest BCUT2D eigenvalue weighted by molar-refractivity contribution is 0.0595. The number of aromatic nitrogens is 1. The van der Waals surface area contributed by atoms with Crippen molar-refractivity contribution in [2.75, 3.05) is 13.7 Å². The van der Waals surface area contributed by atoms with E-state index in [1.165, 1.54) is 13.5 Å². The fraction of sp³-hybridized carbons (Fsp3) is 0.333. The van der Waals surface area contributed by atoms with Crippen LogP contribution in [0.5, 0.6) is 5.75 Å². The number of hydrogen-bond acceptors (Lipinski definition) is 5. The Morgan fingerprint density at radius 2 is 2.05 bits per heavy atom. The zero-order chi connectivity index (χ0) is 14.4. The highest BCUT2D eigenvalue weighted by atomic mass is 16.5. The molecule has 2 rings (SSSR count). The van der Waals surface area contributed by atoms with Gasteiger partial charge in [0.05, 0.1) is 13.7 Å². The summed E-state index contributed by atoms with van der Waals surface area (Å²) in [6.07, 6.45) is 3.35. The zero-order valence-electron chi connectivity index (χ0n) is 11.6. The normalized spacial score (nSPS) is 10.3. The first-order chi connectivity index (χ1) is 9.76.